The summed E-state index contributed by atoms with van der Waals surface area (Å²) in [5.74, 6) is 1.57. The molecule has 0 spiro atoms. The van der Waals surface area contributed by atoms with Crippen LogP contribution < -0.4 is 24.8 Å². The molecule has 8 N–H and O–H groups in total. The van der Waals surface area contributed by atoms with Crippen molar-refractivity contribution in [2.45, 2.75) is 64.3 Å². The number of aliphatic hydroxyl groups excluding tert-OH is 6. The van der Waals surface area contributed by atoms with E-state index < -0.39 is 30.9 Å². The number of rotatable bonds is 25. The van der Waals surface area contributed by atoms with Crippen LogP contribution in [0.4, 0.5) is 0 Å². The molecule has 0 unspecified atom stereocenters. The Labute approximate surface area is 328 Å². The molecular formula is C41H55ClN4O9. The van der Waals surface area contributed by atoms with Crippen LogP contribution in [0.3, 0.4) is 0 Å². The molecule has 0 aliphatic rings. The van der Waals surface area contributed by atoms with Crippen molar-refractivity contribution in [3.05, 3.63) is 87.6 Å². The minimum absolute atomic E-state index is 0.119. The molecule has 3 aromatic rings. The highest BCUT2D eigenvalue weighted by molar-refractivity contribution is 6.32. The average molecular weight is 783 g/mol. The normalized spacial score (nSPS) is 12.3. The number of nitriles is 1. The minimum Gasteiger partial charge on any atom is -0.493 e. The lowest BCUT2D eigenvalue weighted by Gasteiger charge is -2.29. The number of aliphatic imine (C=N–C) groups is 1. The first-order valence-corrected chi connectivity index (χ1v) is 18.6. The van der Waals surface area contributed by atoms with E-state index in [0.29, 0.717) is 60.1 Å². The molecule has 55 heavy (non-hydrogen) atoms. The van der Waals surface area contributed by atoms with Gasteiger partial charge in [0.15, 0.2) is 0 Å². The summed E-state index contributed by atoms with van der Waals surface area (Å²) in [6.45, 7) is 4.69. The fraction of sp³-hybridized carbons (Fsp3) is 0.463. The van der Waals surface area contributed by atoms with E-state index in [4.69, 9.17) is 31.1 Å². The Kier molecular flexibility index (Phi) is 19.0. The summed E-state index contributed by atoms with van der Waals surface area (Å²) in [4.78, 5) is 4.18. The number of hydrogen-bond donors (Lipinski definition) is 8. The number of halogens is 1. The summed E-state index contributed by atoms with van der Waals surface area (Å²) >= 11 is 6.73. The molecule has 0 amide bonds. The Hall–Kier alpha value is -4.07. The van der Waals surface area contributed by atoms with Crippen LogP contribution in [0.15, 0.2) is 65.3 Å². The van der Waals surface area contributed by atoms with Crippen LogP contribution in [0.25, 0.3) is 11.1 Å². The van der Waals surface area contributed by atoms with Crippen LogP contribution in [0.5, 0.6) is 17.2 Å². The first-order valence-electron chi connectivity index (χ1n) is 18.2. The van der Waals surface area contributed by atoms with E-state index in [-0.39, 0.29) is 39.6 Å². The van der Waals surface area contributed by atoms with Gasteiger partial charge in [0.25, 0.3) is 0 Å². The largest absolute Gasteiger partial charge is 0.493 e. The molecule has 3 aromatic carbocycles. The number of aliphatic hydroxyl groups is 6. The molecule has 14 heteroatoms. The number of benzene rings is 3. The second kappa shape index (κ2) is 23.1. The topological polar surface area (TPSA) is 209 Å². The predicted octanol–water partition coefficient (Wildman–Crippen LogP) is 3.74. The lowest BCUT2D eigenvalue weighted by molar-refractivity contribution is 0.0411. The summed E-state index contributed by atoms with van der Waals surface area (Å²) in [7, 11) is 0. The molecule has 0 radical (unpaired) electrons. The third kappa shape index (κ3) is 12.7. The van der Waals surface area contributed by atoms with E-state index in [1.165, 1.54) is 6.20 Å². The van der Waals surface area contributed by atoms with Gasteiger partial charge >= 0.3 is 0 Å². The van der Waals surface area contributed by atoms with Crippen molar-refractivity contribution in [1.82, 2.24) is 10.6 Å². The van der Waals surface area contributed by atoms with Gasteiger partial charge in [0, 0.05) is 42.6 Å². The van der Waals surface area contributed by atoms with Crippen molar-refractivity contribution in [3.8, 4) is 34.4 Å². The van der Waals surface area contributed by atoms with Crippen molar-refractivity contribution in [3.63, 3.8) is 0 Å². The molecule has 0 heterocycles. The zero-order valence-electron chi connectivity index (χ0n) is 31.9. The van der Waals surface area contributed by atoms with Gasteiger partial charge in [-0.15, -0.1) is 0 Å². The van der Waals surface area contributed by atoms with Crippen molar-refractivity contribution in [1.29, 1.82) is 5.26 Å². The Morgan fingerprint density at radius 1 is 0.782 bits per heavy atom. The van der Waals surface area contributed by atoms with Gasteiger partial charge in [0.2, 0.25) is 0 Å². The number of ether oxygens (including phenoxy) is 3. The average Bonchev–Trinajstić information content (AvgIpc) is 3.21. The highest BCUT2D eigenvalue weighted by Crippen LogP contribution is 2.36. The maximum absolute atomic E-state index is 9.81. The quantitative estimate of drug-likeness (QED) is 0.0351. The van der Waals surface area contributed by atoms with E-state index in [0.717, 1.165) is 33.6 Å². The monoisotopic (exact) mass is 782 g/mol. The second-order valence-corrected chi connectivity index (χ2v) is 13.7. The molecule has 13 nitrogen and oxygen atoms in total. The van der Waals surface area contributed by atoms with Crippen molar-refractivity contribution < 1.29 is 44.8 Å². The fourth-order valence-electron chi connectivity index (χ4n) is 5.47. The molecule has 0 atom stereocenters. The van der Waals surface area contributed by atoms with E-state index >= 15 is 0 Å². The van der Waals surface area contributed by atoms with Crippen molar-refractivity contribution in [2.75, 3.05) is 59.4 Å². The summed E-state index contributed by atoms with van der Waals surface area (Å²) in [5, 5.41) is 73.4. The summed E-state index contributed by atoms with van der Waals surface area (Å²) in [5.41, 5.74) is 3.67. The van der Waals surface area contributed by atoms with Crippen molar-refractivity contribution in [2.24, 2.45) is 4.99 Å². The standard InChI is InChI=1S/C41H55ClN4O9/c1-4-31(19-43)20-44-13-7-15-54-38-18-39(36(42)17-33(38)21-46-41(26-50,27-51)28-52)55-22-32-9-5-10-34(29(32)2)35-11-6-12-37(30(35)3)53-16-8-14-45-40(23-47,24-48)25-49/h5-6,9-13,17-18,20,45-52H,4,7-8,14-16,21-28H2,1-3H3/b31-20+,44-13?. The molecule has 0 aliphatic heterocycles. The van der Waals surface area contributed by atoms with Crippen LogP contribution in [-0.2, 0) is 13.2 Å². The van der Waals surface area contributed by atoms with Crippen LogP contribution >= 0.6 is 11.6 Å². The van der Waals surface area contributed by atoms with Gasteiger partial charge in [-0.2, -0.15) is 5.26 Å². The van der Waals surface area contributed by atoms with E-state index in [2.05, 4.69) is 21.7 Å². The Balaban J connectivity index is 1.78. The van der Waals surface area contributed by atoms with E-state index in [1.54, 1.807) is 18.3 Å². The number of nitrogens with one attached hydrogen (secondary N) is 2. The van der Waals surface area contributed by atoms with Crippen LogP contribution in [0, 0.1) is 25.2 Å². The van der Waals surface area contributed by atoms with Gasteiger partial charge in [0.05, 0.1) is 75.0 Å². The minimum atomic E-state index is -1.31. The lowest BCUT2D eigenvalue weighted by atomic mass is 9.93. The van der Waals surface area contributed by atoms with E-state index in [9.17, 15) is 30.6 Å². The van der Waals surface area contributed by atoms with Crippen molar-refractivity contribution >= 4 is 17.8 Å². The Bertz CT molecular complexity index is 1740. The summed E-state index contributed by atoms with van der Waals surface area (Å²) in [6, 6.07) is 17.3. The molecule has 3 rings (SSSR count). The van der Waals surface area contributed by atoms with Gasteiger partial charge < -0.3 is 55.5 Å². The highest BCUT2D eigenvalue weighted by Gasteiger charge is 2.28. The molecule has 0 aromatic heterocycles. The third-order valence-electron chi connectivity index (χ3n) is 9.43. The Morgan fingerprint density at radius 3 is 2.04 bits per heavy atom. The Morgan fingerprint density at radius 2 is 1.40 bits per heavy atom. The zero-order valence-corrected chi connectivity index (χ0v) is 32.6. The third-order valence-corrected chi connectivity index (χ3v) is 9.73. The van der Waals surface area contributed by atoms with Gasteiger partial charge in [-0.05, 0) is 73.2 Å². The number of nitrogens with zero attached hydrogens (tertiary/aromatic N) is 2. The molecule has 0 aliphatic carbocycles. The maximum Gasteiger partial charge on any atom is 0.142 e. The first kappa shape index (κ1) is 45.3. The predicted molar refractivity (Wildman–Crippen MR) is 213 cm³/mol. The van der Waals surface area contributed by atoms with Gasteiger partial charge in [-0.25, -0.2) is 0 Å². The van der Waals surface area contributed by atoms with Gasteiger partial charge in [-0.3, -0.25) is 4.99 Å². The molecule has 0 saturated heterocycles. The second-order valence-electron chi connectivity index (χ2n) is 13.3. The highest BCUT2D eigenvalue weighted by atomic mass is 35.5. The molecule has 300 valence electrons. The fourth-order valence-corrected chi connectivity index (χ4v) is 5.71. The maximum atomic E-state index is 9.81. The van der Waals surface area contributed by atoms with Crippen LogP contribution in [0.1, 0.15) is 48.4 Å². The summed E-state index contributed by atoms with van der Waals surface area (Å²) < 4.78 is 18.5. The molecule has 0 saturated carbocycles. The molecule has 0 bridgehead atoms. The zero-order chi connectivity index (χ0) is 40.3. The lowest BCUT2D eigenvalue weighted by Crippen LogP contribution is -2.55. The number of hydrogen-bond acceptors (Lipinski definition) is 13. The summed E-state index contributed by atoms with van der Waals surface area (Å²) in [6.07, 6.45) is 4.81. The first-order chi connectivity index (χ1) is 26.6. The molecular weight excluding hydrogens is 728 g/mol. The van der Waals surface area contributed by atoms with Crippen LogP contribution in [0.2, 0.25) is 5.02 Å². The molecule has 0 fully saturated rings. The van der Waals surface area contributed by atoms with Crippen LogP contribution in [-0.4, -0.2) is 107 Å². The number of allylic oxidation sites excluding steroid dienone is 1. The smallest absolute Gasteiger partial charge is 0.142 e. The van der Waals surface area contributed by atoms with Gasteiger partial charge in [0.1, 0.15) is 23.9 Å². The van der Waals surface area contributed by atoms with Gasteiger partial charge in [-0.1, -0.05) is 48.9 Å². The van der Waals surface area contributed by atoms with E-state index in [1.807, 2.05) is 57.2 Å². The SMILES string of the molecule is CC/C(C#N)=C\N=CCCOc1cc(OCc2cccc(-c3cccc(OCCCNC(CO)(CO)CO)c3C)c2C)c(Cl)cc1CNC(CO)(CO)CO.